The van der Waals surface area contributed by atoms with Gasteiger partial charge in [-0.3, -0.25) is 4.72 Å². The van der Waals surface area contributed by atoms with E-state index in [2.05, 4.69) is 4.72 Å². The molecule has 6 nitrogen and oxygen atoms in total. The van der Waals surface area contributed by atoms with Crippen LogP contribution in [0.2, 0.25) is 5.02 Å². The molecule has 0 aliphatic carbocycles. The zero-order valence-electron chi connectivity index (χ0n) is 17.1. The van der Waals surface area contributed by atoms with E-state index in [1.807, 2.05) is 0 Å². The van der Waals surface area contributed by atoms with Gasteiger partial charge in [-0.25, -0.2) is 16.8 Å². The highest BCUT2D eigenvalue weighted by Crippen LogP contribution is 2.41. The average molecular weight is 480 g/mol. The highest BCUT2D eigenvalue weighted by atomic mass is 35.5. The van der Waals surface area contributed by atoms with E-state index in [9.17, 15) is 21.9 Å². The Morgan fingerprint density at radius 1 is 0.903 bits per heavy atom. The summed E-state index contributed by atoms with van der Waals surface area (Å²) in [6.07, 6.45) is 0. The normalized spacial score (nSPS) is 12.2. The first-order chi connectivity index (χ1) is 14.4. The smallest absolute Gasteiger partial charge is 0.261 e. The van der Waals surface area contributed by atoms with Gasteiger partial charge in [0.05, 0.1) is 15.5 Å². The fraction of sp³-hybridized carbons (Fsp3) is 0.182. The van der Waals surface area contributed by atoms with Crippen molar-refractivity contribution in [2.24, 2.45) is 0 Å². The van der Waals surface area contributed by atoms with Gasteiger partial charge < -0.3 is 5.11 Å². The van der Waals surface area contributed by atoms with Crippen molar-refractivity contribution in [2.75, 3.05) is 4.72 Å². The van der Waals surface area contributed by atoms with E-state index in [4.69, 9.17) is 11.6 Å². The van der Waals surface area contributed by atoms with E-state index in [1.165, 1.54) is 49.4 Å². The third-order valence-corrected chi connectivity index (χ3v) is 8.41. The van der Waals surface area contributed by atoms with E-state index in [0.29, 0.717) is 10.6 Å². The molecular weight excluding hydrogens is 458 g/mol. The van der Waals surface area contributed by atoms with Gasteiger partial charge >= 0.3 is 0 Å². The zero-order valence-corrected chi connectivity index (χ0v) is 19.5. The van der Waals surface area contributed by atoms with Crippen LogP contribution >= 0.6 is 11.6 Å². The van der Waals surface area contributed by atoms with Crippen LogP contribution in [0.15, 0.2) is 75.4 Å². The quantitative estimate of drug-likeness (QED) is 0.478. The highest BCUT2D eigenvalue weighted by Gasteiger charge is 2.29. The molecule has 0 fully saturated rings. The molecule has 0 bridgehead atoms. The van der Waals surface area contributed by atoms with Gasteiger partial charge in [0.2, 0.25) is 9.84 Å². The van der Waals surface area contributed by atoms with E-state index in [1.54, 1.807) is 32.0 Å². The molecule has 3 rings (SSSR count). The van der Waals surface area contributed by atoms with Gasteiger partial charge in [-0.05, 0) is 66.4 Å². The lowest BCUT2D eigenvalue weighted by Crippen LogP contribution is -2.16. The third kappa shape index (κ3) is 4.56. The second kappa shape index (κ2) is 8.53. The Balaban J connectivity index is 2.22. The number of anilines is 1. The first-order valence-corrected chi connectivity index (χ1v) is 12.7. The van der Waals surface area contributed by atoms with Crippen LogP contribution in [-0.2, 0) is 19.9 Å². The predicted molar refractivity (Wildman–Crippen MR) is 121 cm³/mol. The molecule has 31 heavy (non-hydrogen) atoms. The first-order valence-electron chi connectivity index (χ1n) is 9.40. The number of hydrogen-bond donors (Lipinski definition) is 2. The van der Waals surface area contributed by atoms with Gasteiger partial charge in [0.25, 0.3) is 10.0 Å². The third-order valence-electron chi connectivity index (χ3n) is 4.85. The number of sulfonamides is 1. The predicted octanol–water partition coefficient (Wildman–Crippen LogP) is 5.11. The first kappa shape index (κ1) is 23.1. The number of nitrogens with one attached hydrogen (secondary N) is 1. The Labute approximate surface area is 187 Å². The number of phenols is 1. The number of halogens is 1. The number of rotatable bonds is 6. The number of hydrogen-bond acceptors (Lipinski definition) is 5. The molecule has 0 atom stereocenters. The summed E-state index contributed by atoms with van der Waals surface area (Å²) in [6, 6.07) is 14.8. The van der Waals surface area contributed by atoms with E-state index in [0.717, 1.165) is 0 Å². The van der Waals surface area contributed by atoms with Crippen LogP contribution in [0.4, 0.5) is 5.69 Å². The molecule has 164 valence electrons. The number of sulfone groups is 1. The summed E-state index contributed by atoms with van der Waals surface area (Å²) >= 11 is 5.84. The topological polar surface area (TPSA) is 101 Å². The molecule has 0 saturated carbocycles. The lowest BCUT2D eigenvalue weighted by molar-refractivity contribution is 0.447. The fourth-order valence-electron chi connectivity index (χ4n) is 3.17. The van der Waals surface area contributed by atoms with Crippen LogP contribution in [0.25, 0.3) is 0 Å². The van der Waals surface area contributed by atoms with E-state index >= 15 is 0 Å². The molecule has 0 aliphatic heterocycles. The van der Waals surface area contributed by atoms with Gasteiger partial charge in [-0.15, -0.1) is 0 Å². The Kier molecular flexibility index (Phi) is 6.36. The molecule has 9 heteroatoms. The van der Waals surface area contributed by atoms with Crippen LogP contribution in [0.1, 0.15) is 30.9 Å². The molecule has 3 aromatic carbocycles. The van der Waals surface area contributed by atoms with Gasteiger partial charge in [0.15, 0.2) is 0 Å². The monoisotopic (exact) mass is 479 g/mol. The maximum absolute atomic E-state index is 13.3. The van der Waals surface area contributed by atoms with Crippen molar-refractivity contribution in [3.63, 3.8) is 0 Å². The average Bonchev–Trinajstić information content (AvgIpc) is 2.70. The van der Waals surface area contributed by atoms with Crippen LogP contribution in [0.3, 0.4) is 0 Å². The van der Waals surface area contributed by atoms with Crippen LogP contribution in [-0.4, -0.2) is 21.9 Å². The van der Waals surface area contributed by atoms with Gasteiger partial charge in [-0.2, -0.15) is 0 Å². The van der Waals surface area contributed by atoms with Gasteiger partial charge in [-0.1, -0.05) is 43.6 Å². The lowest BCUT2D eigenvalue weighted by Gasteiger charge is -2.20. The largest absolute Gasteiger partial charge is 0.506 e. The van der Waals surface area contributed by atoms with Crippen molar-refractivity contribution in [1.29, 1.82) is 0 Å². The molecule has 0 spiro atoms. The molecule has 0 radical (unpaired) electrons. The Bertz CT molecular complexity index is 1320. The summed E-state index contributed by atoms with van der Waals surface area (Å²) < 4.78 is 54.9. The van der Waals surface area contributed by atoms with Gasteiger partial charge in [0, 0.05) is 5.02 Å². The molecule has 0 heterocycles. The Morgan fingerprint density at radius 2 is 1.48 bits per heavy atom. The fourth-order valence-corrected chi connectivity index (χ4v) is 6.05. The van der Waals surface area contributed by atoms with Crippen molar-refractivity contribution < 1.29 is 21.9 Å². The van der Waals surface area contributed by atoms with Crippen molar-refractivity contribution in [3.05, 3.63) is 76.8 Å². The second-order valence-corrected chi connectivity index (χ2v) is 11.4. The van der Waals surface area contributed by atoms with Crippen molar-refractivity contribution >= 4 is 37.1 Å². The minimum atomic E-state index is -4.11. The summed E-state index contributed by atoms with van der Waals surface area (Å²) in [5.74, 6) is -0.644. The SMILES string of the molecule is Cc1c(NS(=O)(=O)c2ccc(Cl)cc2)cc(C(C)C)c(O)c1S(=O)(=O)c1ccccc1. The van der Waals surface area contributed by atoms with Crippen LogP contribution < -0.4 is 4.72 Å². The molecule has 2 N–H and O–H groups in total. The van der Waals surface area contributed by atoms with Crippen molar-refractivity contribution in [1.82, 2.24) is 0 Å². The molecule has 3 aromatic rings. The minimum absolute atomic E-state index is 0.000754. The summed E-state index contributed by atoms with van der Waals surface area (Å²) in [5, 5.41) is 11.2. The van der Waals surface area contributed by atoms with Crippen LogP contribution in [0.5, 0.6) is 5.75 Å². The maximum atomic E-state index is 13.3. The Morgan fingerprint density at radius 3 is 2.03 bits per heavy atom. The van der Waals surface area contributed by atoms with Crippen molar-refractivity contribution in [3.8, 4) is 5.75 Å². The lowest BCUT2D eigenvalue weighted by atomic mass is 9.99. The summed E-state index contributed by atoms with van der Waals surface area (Å²) in [6.45, 7) is 5.01. The molecule has 0 amide bonds. The number of benzene rings is 3. The Hall–Kier alpha value is -2.55. The molecule has 0 unspecified atom stereocenters. The molecule has 0 aliphatic rings. The molecule has 0 aromatic heterocycles. The maximum Gasteiger partial charge on any atom is 0.261 e. The van der Waals surface area contributed by atoms with E-state index < -0.39 is 19.9 Å². The molecular formula is C22H22ClNO5S2. The molecule has 0 saturated heterocycles. The number of aromatic hydroxyl groups is 1. The van der Waals surface area contributed by atoms with Gasteiger partial charge in [0.1, 0.15) is 10.6 Å². The van der Waals surface area contributed by atoms with Crippen LogP contribution in [0, 0.1) is 6.92 Å². The zero-order chi connectivity index (χ0) is 23.0. The van der Waals surface area contributed by atoms with E-state index in [-0.39, 0.29) is 37.6 Å². The summed E-state index contributed by atoms with van der Waals surface area (Å²) in [7, 11) is -8.13. The summed E-state index contributed by atoms with van der Waals surface area (Å²) in [4.78, 5) is -0.345. The summed E-state index contributed by atoms with van der Waals surface area (Å²) in [5.41, 5.74) is 0.489. The second-order valence-electron chi connectivity index (χ2n) is 7.35. The van der Waals surface area contributed by atoms with Crippen molar-refractivity contribution in [2.45, 2.75) is 41.4 Å². The number of phenolic OH excluding ortho intramolecular Hbond substituents is 1. The highest BCUT2D eigenvalue weighted by molar-refractivity contribution is 7.93. The minimum Gasteiger partial charge on any atom is -0.506 e. The standard InChI is InChI=1S/C22H22ClNO5S2/c1-14(2)19-13-20(24-31(28,29)18-11-9-16(23)10-12-18)15(3)22(21(19)25)30(26,27)17-7-5-4-6-8-17/h4-14,24-25H,1-3H3.